The molecule has 0 heterocycles. The van der Waals surface area contributed by atoms with Crippen LogP contribution in [0.3, 0.4) is 0 Å². The SMILES string of the molecule is CC(C)CC1=Cc2c(-c3ccc4ccccc4c3)cccc2C1c1[c]([Zr+2][SiH](C)C)ccc2c1Cc1ccccc1-2.[Cl-].[Cl-]. The maximum absolute atomic E-state index is 2.59. The van der Waals surface area contributed by atoms with Crippen LogP contribution in [0.5, 0.6) is 0 Å². The summed E-state index contributed by atoms with van der Waals surface area (Å²) in [5.74, 6) is 0.371. The molecule has 0 aromatic heterocycles. The number of allylic oxidation sites excluding steroid dienone is 1. The van der Waals surface area contributed by atoms with Crippen molar-refractivity contribution in [3.05, 3.63) is 130 Å². The zero-order valence-electron chi connectivity index (χ0n) is 24.7. The van der Waals surface area contributed by atoms with Gasteiger partial charge in [-0.05, 0) is 0 Å². The quantitative estimate of drug-likeness (QED) is 0.237. The van der Waals surface area contributed by atoms with Crippen LogP contribution in [0, 0.1) is 5.92 Å². The van der Waals surface area contributed by atoms with E-state index in [-0.39, 0.29) is 24.8 Å². The number of fused-ring (bicyclic) bond motifs is 5. The molecule has 0 nitrogen and oxygen atoms in total. The maximum atomic E-state index is 2.59. The minimum Gasteiger partial charge on any atom is -1.00 e. The molecule has 210 valence electrons. The van der Waals surface area contributed by atoms with Gasteiger partial charge in [-0.25, -0.2) is 0 Å². The Morgan fingerprint density at radius 3 is 2.29 bits per heavy atom. The molecule has 0 saturated carbocycles. The molecule has 5 aromatic rings. The smallest absolute Gasteiger partial charge is 1.00 e. The Bertz CT molecular complexity index is 1800. The van der Waals surface area contributed by atoms with Crippen LogP contribution in [0.15, 0.2) is 103 Å². The Hall–Kier alpha value is -2.22. The van der Waals surface area contributed by atoms with Gasteiger partial charge in [0.1, 0.15) is 0 Å². The van der Waals surface area contributed by atoms with Crippen molar-refractivity contribution in [1.82, 2.24) is 0 Å². The summed E-state index contributed by atoms with van der Waals surface area (Å²) in [4.78, 5) is 0. The summed E-state index contributed by atoms with van der Waals surface area (Å²) >= 11 is -0.606. The normalized spacial score (nSPS) is 14.5. The van der Waals surface area contributed by atoms with Crippen LogP contribution < -0.4 is 28.1 Å². The fourth-order valence-corrected chi connectivity index (χ4v) is 15.3. The predicted octanol–water partition coefficient (Wildman–Crippen LogP) is 3.35. The fourth-order valence-electron chi connectivity index (χ4n) is 7.06. The summed E-state index contributed by atoms with van der Waals surface area (Å²) < 4.78 is 1.76. The Balaban J connectivity index is 0.00000176. The fraction of sp³-hybridized carbons (Fsp3) is 0.211. The molecule has 0 radical (unpaired) electrons. The molecule has 7 rings (SSSR count). The molecule has 0 bridgehead atoms. The Morgan fingerprint density at radius 2 is 1.50 bits per heavy atom. The minimum absolute atomic E-state index is 0. The van der Waals surface area contributed by atoms with Crippen molar-refractivity contribution in [3.63, 3.8) is 0 Å². The van der Waals surface area contributed by atoms with Crippen LogP contribution in [0.2, 0.25) is 13.1 Å². The Kier molecular flexibility index (Phi) is 9.51. The second kappa shape index (κ2) is 12.8. The van der Waals surface area contributed by atoms with E-state index >= 15 is 0 Å². The Morgan fingerprint density at radius 1 is 0.762 bits per heavy atom. The van der Waals surface area contributed by atoms with E-state index in [4.69, 9.17) is 0 Å². The van der Waals surface area contributed by atoms with Crippen molar-refractivity contribution in [3.8, 4) is 22.3 Å². The molecule has 4 heteroatoms. The second-order valence-electron chi connectivity index (χ2n) is 12.3. The summed E-state index contributed by atoms with van der Waals surface area (Å²) in [5.41, 5.74) is 15.1. The van der Waals surface area contributed by atoms with Gasteiger partial charge >= 0.3 is 253 Å². The number of benzene rings is 5. The Labute approximate surface area is 275 Å². The first-order valence-corrected chi connectivity index (χ1v) is 23.2. The first kappa shape index (κ1) is 31.2. The average molecular weight is 683 g/mol. The van der Waals surface area contributed by atoms with Crippen LogP contribution in [0.1, 0.15) is 54.0 Å². The van der Waals surface area contributed by atoms with Gasteiger partial charge in [-0.3, -0.25) is 0 Å². The van der Waals surface area contributed by atoms with Crippen molar-refractivity contribution in [1.29, 1.82) is 0 Å². The zero-order chi connectivity index (χ0) is 27.4. The van der Waals surface area contributed by atoms with E-state index in [1.54, 1.807) is 20.0 Å². The summed E-state index contributed by atoms with van der Waals surface area (Å²) in [7, 11) is 0. The van der Waals surface area contributed by atoms with E-state index in [1.165, 1.54) is 49.7 Å². The van der Waals surface area contributed by atoms with Crippen LogP contribution in [0.25, 0.3) is 39.1 Å². The number of hydrogen-bond acceptors (Lipinski definition) is 0. The molecule has 42 heavy (non-hydrogen) atoms. The third-order valence-electron chi connectivity index (χ3n) is 8.62. The van der Waals surface area contributed by atoms with E-state index < -0.39 is 28.3 Å². The zero-order valence-corrected chi connectivity index (χ0v) is 29.8. The van der Waals surface area contributed by atoms with E-state index in [1.807, 2.05) is 0 Å². The predicted molar refractivity (Wildman–Crippen MR) is 172 cm³/mol. The van der Waals surface area contributed by atoms with Gasteiger partial charge in [-0.1, -0.05) is 0 Å². The van der Waals surface area contributed by atoms with Gasteiger partial charge in [0, 0.05) is 0 Å². The topological polar surface area (TPSA) is 0 Å². The molecule has 2 aliphatic rings. The molecule has 5 aromatic carbocycles. The summed E-state index contributed by atoms with van der Waals surface area (Å²) in [5, 5.41) is 2.62. The van der Waals surface area contributed by atoms with Crippen molar-refractivity contribution >= 4 is 26.0 Å². The minimum atomic E-state index is -0.638. The monoisotopic (exact) mass is 680 g/mol. The molecule has 1 atom stereocenters. The van der Waals surface area contributed by atoms with E-state index in [0.717, 1.165) is 12.8 Å². The molecule has 2 aliphatic carbocycles. The number of hydrogen-bond donors (Lipinski definition) is 0. The summed E-state index contributed by atoms with van der Waals surface area (Å²) in [6, 6.07) is 37.0. The van der Waals surface area contributed by atoms with Crippen molar-refractivity contribution < 1.29 is 47.2 Å². The van der Waals surface area contributed by atoms with Crippen LogP contribution >= 0.6 is 0 Å². The van der Waals surface area contributed by atoms with Crippen molar-refractivity contribution in [2.75, 3.05) is 0 Å². The van der Waals surface area contributed by atoms with E-state index in [9.17, 15) is 0 Å². The van der Waals surface area contributed by atoms with Gasteiger partial charge in [0.2, 0.25) is 0 Å². The van der Waals surface area contributed by atoms with Crippen molar-refractivity contribution in [2.45, 2.75) is 45.7 Å². The average Bonchev–Trinajstić information content (AvgIpc) is 3.50. The molecular formula is C38H36Cl2SiZr. The van der Waals surface area contributed by atoms with Gasteiger partial charge in [0.15, 0.2) is 0 Å². The molecule has 0 N–H and O–H groups in total. The van der Waals surface area contributed by atoms with E-state index in [0.29, 0.717) is 11.8 Å². The maximum Gasteiger partial charge on any atom is -1.00 e. The third-order valence-corrected chi connectivity index (χ3v) is 17.1. The molecule has 0 fully saturated rings. The summed E-state index contributed by atoms with van der Waals surface area (Å²) in [6.07, 6.45) is 4.82. The van der Waals surface area contributed by atoms with Crippen molar-refractivity contribution in [2.24, 2.45) is 5.92 Å². The third kappa shape index (κ3) is 5.57. The first-order valence-electron chi connectivity index (χ1n) is 14.8. The molecule has 0 aliphatic heterocycles. The molecule has 0 saturated heterocycles. The second-order valence-corrected chi connectivity index (χ2v) is 26.9. The van der Waals surface area contributed by atoms with E-state index in [2.05, 4.69) is 130 Å². The number of halogens is 2. The van der Waals surface area contributed by atoms with Gasteiger partial charge < -0.3 is 24.8 Å². The largest absolute Gasteiger partial charge is 1.00 e. The number of rotatable bonds is 6. The molecule has 1 unspecified atom stereocenters. The molecular weight excluding hydrogens is 647 g/mol. The molecule has 0 amide bonds. The van der Waals surface area contributed by atoms with Crippen LogP contribution in [-0.4, -0.2) is 5.92 Å². The van der Waals surface area contributed by atoms with Gasteiger partial charge in [-0.2, -0.15) is 0 Å². The first-order chi connectivity index (χ1) is 19.5. The van der Waals surface area contributed by atoms with Gasteiger partial charge in [0.25, 0.3) is 0 Å². The van der Waals surface area contributed by atoms with Gasteiger partial charge in [0.05, 0.1) is 0 Å². The summed E-state index contributed by atoms with van der Waals surface area (Å²) in [6.45, 7) is 9.91. The van der Waals surface area contributed by atoms with Crippen LogP contribution in [0.4, 0.5) is 0 Å². The van der Waals surface area contributed by atoms with Gasteiger partial charge in [-0.15, -0.1) is 0 Å². The van der Waals surface area contributed by atoms with Crippen LogP contribution in [-0.2, 0) is 28.8 Å². The standard InChI is InChI=1S/C36H29.C2H7Si.2ClH.Zr/c1-23(2)19-28-22-34-30(27-18-17-24-9-3-4-10-25(24)20-27)13-7-15-32(34)36(28)33-16-8-14-31-29-12-6-5-11-26(29)21-35(31)33;1-3-2;;;/h3-15,17-18,20,22-23,36H,19,21H2,1-2H3;3H,1-2H3;2*1H;/q;;;;+2/p-2. The molecule has 0 spiro atoms.